The third-order valence-electron chi connectivity index (χ3n) is 4.67. The Hall–Kier alpha value is -2.56. The second kappa shape index (κ2) is 8.89. The van der Waals surface area contributed by atoms with E-state index in [4.69, 9.17) is 4.52 Å². The zero-order valence-corrected chi connectivity index (χ0v) is 19.4. The Balaban J connectivity index is 1.49. The van der Waals surface area contributed by atoms with Crippen molar-refractivity contribution >= 4 is 62.6 Å². The van der Waals surface area contributed by atoms with E-state index in [1.54, 1.807) is 55.1 Å². The average molecular weight is 476 g/mol. The van der Waals surface area contributed by atoms with E-state index in [1.165, 1.54) is 0 Å². The van der Waals surface area contributed by atoms with Crippen molar-refractivity contribution in [1.29, 1.82) is 0 Å². The quantitative estimate of drug-likeness (QED) is 0.440. The summed E-state index contributed by atoms with van der Waals surface area (Å²) in [5.41, 5.74) is 1.66. The van der Waals surface area contributed by atoms with Crippen LogP contribution in [0.1, 0.15) is 29.2 Å². The molecule has 0 spiro atoms. The Morgan fingerprint density at radius 1 is 1.26 bits per heavy atom. The van der Waals surface area contributed by atoms with Crippen molar-refractivity contribution in [2.75, 3.05) is 16.3 Å². The largest absolute Gasteiger partial charge is 0.354 e. The molecule has 1 aliphatic rings. The van der Waals surface area contributed by atoms with Gasteiger partial charge in [-0.15, -0.1) is 23.1 Å². The van der Waals surface area contributed by atoms with Crippen molar-refractivity contribution in [3.8, 4) is 0 Å². The third kappa shape index (κ3) is 5.20. The first-order chi connectivity index (χ1) is 14.9. The summed E-state index contributed by atoms with van der Waals surface area (Å²) in [4.78, 5) is 13.8. The van der Waals surface area contributed by atoms with Crippen LogP contribution in [0.2, 0.25) is 0 Å². The van der Waals surface area contributed by atoms with Gasteiger partial charge in [0.1, 0.15) is 15.6 Å². The molecule has 1 aliphatic carbocycles. The minimum atomic E-state index is -3.69. The van der Waals surface area contributed by atoms with Gasteiger partial charge < -0.3 is 9.84 Å². The molecule has 3 aromatic rings. The number of nitrogens with one attached hydrogen (secondary N) is 2. The maximum absolute atomic E-state index is 12.7. The first-order valence-corrected chi connectivity index (χ1v) is 13.1. The number of carbonyl (C=O) groups is 1. The van der Waals surface area contributed by atoms with E-state index in [0.29, 0.717) is 22.8 Å². The van der Waals surface area contributed by atoms with Gasteiger partial charge in [-0.05, 0) is 68.5 Å². The molecule has 0 saturated heterocycles. The van der Waals surface area contributed by atoms with Crippen molar-refractivity contribution < 1.29 is 17.7 Å². The van der Waals surface area contributed by atoms with E-state index < -0.39 is 10.0 Å². The number of anilines is 2. The number of hydrogen-bond acceptors (Lipinski definition) is 7. The Bertz CT molecular complexity index is 1240. The van der Waals surface area contributed by atoms with Gasteiger partial charge in [0.25, 0.3) is 10.0 Å². The van der Waals surface area contributed by atoms with Gasteiger partial charge >= 0.3 is 0 Å². The number of thioether (sulfide) groups is 1. The summed E-state index contributed by atoms with van der Waals surface area (Å²) in [6.45, 7) is 1.76. The molecule has 2 aromatic heterocycles. The zero-order valence-electron chi connectivity index (χ0n) is 16.9. The van der Waals surface area contributed by atoms with Crippen LogP contribution in [0.5, 0.6) is 0 Å². The highest BCUT2D eigenvalue weighted by Crippen LogP contribution is 2.32. The number of sulfonamides is 1. The third-order valence-corrected chi connectivity index (χ3v) is 8.32. The molecule has 31 heavy (non-hydrogen) atoms. The Kier molecular flexibility index (Phi) is 6.22. The molecular weight excluding hydrogens is 454 g/mol. The van der Waals surface area contributed by atoms with Gasteiger partial charge in [-0.25, -0.2) is 8.42 Å². The number of aromatic nitrogens is 1. The van der Waals surface area contributed by atoms with Gasteiger partial charge in [0.05, 0.1) is 0 Å². The van der Waals surface area contributed by atoms with Gasteiger partial charge in [0.15, 0.2) is 5.76 Å². The van der Waals surface area contributed by atoms with Crippen molar-refractivity contribution in [3.63, 3.8) is 0 Å². The Morgan fingerprint density at radius 3 is 2.81 bits per heavy atom. The molecule has 2 N–H and O–H groups in total. The number of thiophene rings is 1. The lowest BCUT2D eigenvalue weighted by Crippen LogP contribution is -2.14. The summed E-state index contributed by atoms with van der Waals surface area (Å²) in [5, 5.41) is 6.79. The molecule has 1 fully saturated rings. The molecule has 1 aromatic carbocycles. The van der Waals surface area contributed by atoms with Crippen LogP contribution in [-0.4, -0.2) is 25.7 Å². The Labute approximate surface area is 189 Å². The Morgan fingerprint density at radius 2 is 2.06 bits per heavy atom. The minimum absolute atomic E-state index is 0.0259. The summed E-state index contributed by atoms with van der Waals surface area (Å²) in [5.74, 6) is 0.471. The fourth-order valence-electron chi connectivity index (χ4n) is 2.84. The normalized spacial score (nSPS) is 14.1. The van der Waals surface area contributed by atoms with Gasteiger partial charge in [-0.1, -0.05) is 11.2 Å². The molecule has 7 nitrogen and oxygen atoms in total. The maximum atomic E-state index is 12.7. The van der Waals surface area contributed by atoms with E-state index in [-0.39, 0.29) is 16.0 Å². The van der Waals surface area contributed by atoms with Crippen LogP contribution in [-0.2, 0) is 14.8 Å². The van der Waals surface area contributed by atoms with Crippen LogP contribution in [0.25, 0.3) is 12.2 Å². The lowest BCUT2D eigenvalue weighted by molar-refractivity contribution is -0.117. The topological polar surface area (TPSA) is 101 Å². The van der Waals surface area contributed by atoms with E-state index in [2.05, 4.69) is 15.2 Å². The van der Waals surface area contributed by atoms with Gasteiger partial charge in [-0.2, -0.15) is 0 Å². The summed E-state index contributed by atoms with van der Waals surface area (Å²) < 4.78 is 33.6. The highest BCUT2D eigenvalue weighted by Gasteiger charge is 2.30. The van der Waals surface area contributed by atoms with Gasteiger partial charge in [-0.3, -0.25) is 9.52 Å². The molecule has 2 heterocycles. The van der Waals surface area contributed by atoms with Crippen molar-refractivity contribution in [3.05, 3.63) is 52.7 Å². The lowest BCUT2D eigenvalue weighted by atomic mass is 10.2. The first-order valence-electron chi connectivity index (χ1n) is 9.57. The first kappa shape index (κ1) is 21.7. The van der Waals surface area contributed by atoms with Crippen LogP contribution in [0.3, 0.4) is 0 Å². The number of benzene rings is 1. The fourth-order valence-corrected chi connectivity index (χ4v) is 5.58. The smallest absolute Gasteiger partial charge is 0.271 e. The number of rotatable bonds is 8. The number of nitrogens with zero attached hydrogens (tertiary/aromatic N) is 1. The monoisotopic (exact) mass is 475 g/mol. The minimum Gasteiger partial charge on any atom is -0.354 e. The molecule has 0 unspecified atom stereocenters. The number of carbonyl (C=O) groups excluding carboxylic acids is 1. The molecular formula is C21H21N3O4S3. The summed E-state index contributed by atoms with van der Waals surface area (Å²) in [7, 11) is -3.69. The fraction of sp³-hybridized carbons (Fsp3) is 0.238. The molecule has 10 heteroatoms. The highest BCUT2D eigenvalue weighted by atomic mass is 32.2. The SMILES string of the molecule is CSc1cccc(NS(=O)(=O)c2ccc(/C=C/c3onc(C)c3NC(=O)C3CC3)s2)c1. The van der Waals surface area contributed by atoms with Crippen molar-refractivity contribution in [2.45, 2.75) is 28.9 Å². The van der Waals surface area contributed by atoms with Crippen LogP contribution < -0.4 is 10.0 Å². The molecule has 162 valence electrons. The second-order valence-corrected chi connectivity index (χ2v) is 11.0. The van der Waals surface area contributed by atoms with Gasteiger partial charge in [0.2, 0.25) is 5.91 Å². The van der Waals surface area contributed by atoms with E-state index in [9.17, 15) is 13.2 Å². The number of amides is 1. The second-order valence-electron chi connectivity index (χ2n) is 7.10. The van der Waals surface area contributed by atoms with Crippen LogP contribution in [0.4, 0.5) is 11.4 Å². The van der Waals surface area contributed by atoms with Crippen molar-refractivity contribution in [1.82, 2.24) is 5.16 Å². The number of hydrogen-bond donors (Lipinski definition) is 2. The maximum Gasteiger partial charge on any atom is 0.271 e. The molecule has 0 bridgehead atoms. The van der Waals surface area contributed by atoms with Crippen LogP contribution >= 0.6 is 23.1 Å². The van der Waals surface area contributed by atoms with E-state index in [1.807, 2.05) is 18.4 Å². The van der Waals surface area contributed by atoms with Crippen LogP contribution in [0.15, 0.2) is 50.0 Å². The standard InChI is InChI=1S/C21H21N3O4S3/c1-13-20(22-21(25)14-6-7-14)18(28-23-13)10-8-16-9-11-19(30-16)31(26,27)24-15-4-3-5-17(12-15)29-2/h3-5,8-12,14,24H,6-7H2,1-2H3,(H,22,25)/b10-8+. The van der Waals surface area contributed by atoms with E-state index in [0.717, 1.165) is 34.0 Å². The zero-order chi connectivity index (χ0) is 22.0. The van der Waals surface area contributed by atoms with E-state index >= 15 is 0 Å². The van der Waals surface area contributed by atoms with Crippen molar-refractivity contribution in [2.24, 2.45) is 5.92 Å². The molecule has 0 aliphatic heterocycles. The molecule has 1 saturated carbocycles. The highest BCUT2D eigenvalue weighted by molar-refractivity contribution is 7.98. The average Bonchev–Trinajstić information content (AvgIpc) is 3.39. The predicted molar refractivity (Wildman–Crippen MR) is 125 cm³/mol. The summed E-state index contributed by atoms with van der Waals surface area (Å²) in [6, 6.07) is 10.5. The lowest BCUT2D eigenvalue weighted by Gasteiger charge is -2.07. The van der Waals surface area contributed by atoms with Gasteiger partial charge in [0, 0.05) is 21.4 Å². The van der Waals surface area contributed by atoms with Crippen LogP contribution in [0, 0.1) is 12.8 Å². The molecule has 1 amide bonds. The number of aryl methyl sites for hydroxylation is 1. The molecule has 0 atom stereocenters. The molecule has 4 rings (SSSR count). The summed E-state index contributed by atoms with van der Waals surface area (Å²) >= 11 is 2.68. The summed E-state index contributed by atoms with van der Waals surface area (Å²) in [6.07, 6.45) is 7.17. The molecule has 0 radical (unpaired) electrons. The predicted octanol–water partition coefficient (Wildman–Crippen LogP) is 5.09.